The highest BCUT2D eigenvalue weighted by Gasteiger charge is 2.49. The predicted octanol–water partition coefficient (Wildman–Crippen LogP) is 0.836. The highest BCUT2D eigenvalue weighted by molar-refractivity contribution is 7.48. The number of nitrogens with one attached hydrogen (secondary N) is 1. The van der Waals surface area contributed by atoms with Gasteiger partial charge in [-0.3, -0.25) is 23.6 Å². The highest BCUT2D eigenvalue weighted by Crippen LogP contribution is 2.57. The van der Waals surface area contributed by atoms with Crippen LogP contribution in [0.4, 0.5) is 0 Å². The van der Waals surface area contributed by atoms with E-state index in [-0.39, 0.29) is 25.3 Å². The fraction of sp³-hybridized carbons (Fsp3) is 0.562. The fourth-order valence-electron chi connectivity index (χ4n) is 2.20. The Morgan fingerprint density at radius 2 is 2.10 bits per heavy atom. The van der Waals surface area contributed by atoms with Gasteiger partial charge >= 0.3 is 19.8 Å². The first-order chi connectivity index (χ1) is 13.7. The first kappa shape index (κ1) is 22.9. The summed E-state index contributed by atoms with van der Waals surface area (Å²) in [7, 11) is -2.94. The second-order valence-corrected chi connectivity index (χ2v) is 8.20. The molecular formula is C16H22N3O9P. The molecule has 1 N–H and O–H groups in total. The van der Waals surface area contributed by atoms with Gasteiger partial charge in [0.25, 0.3) is 0 Å². The molecule has 1 fully saturated rings. The number of phosphoric ester groups is 1. The maximum absolute atomic E-state index is 12.6. The molecule has 29 heavy (non-hydrogen) atoms. The zero-order chi connectivity index (χ0) is 21.5. The van der Waals surface area contributed by atoms with Crippen LogP contribution in [0.15, 0.2) is 18.6 Å². The molecule has 13 heteroatoms. The van der Waals surface area contributed by atoms with Crippen molar-refractivity contribution in [3.8, 4) is 0 Å². The van der Waals surface area contributed by atoms with Crippen LogP contribution in [0, 0.1) is 5.41 Å². The molecule has 1 aliphatic heterocycles. The van der Waals surface area contributed by atoms with E-state index in [1.54, 1.807) is 13.8 Å². The molecule has 1 aliphatic rings. The third-order valence-electron chi connectivity index (χ3n) is 3.81. The standard InChI is InChI=1S/C16H22N3O9P/c1-16(2)9-26-29(23,27-10-25-15(22)11-8-17-6-7-18-11)28-13(16)14(21)19-5-4-12(20)24-3/h6-8,13H,4-5,9-10H2,1-3H3,(H,19,21)/t13-,29?/m0/s1. The number of nitrogens with zero attached hydrogens (tertiary/aromatic N) is 2. The summed E-state index contributed by atoms with van der Waals surface area (Å²) >= 11 is 0. The molecule has 1 aromatic heterocycles. The highest BCUT2D eigenvalue weighted by atomic mass is 31.2. The van der Waals surface area contributed by atoms with Gasteiger partial charge < -0.3 is 14.8 Å². The van der Waals surface area contributed by atoms with Gasteiger partial charge in [0, 0.05) is 24.4 Å². The van der Waals surface area contributed by atoms with Crippen molar-refractivity contribution in [3.05, 3.63) is 24.3 Å². The van der Waals surface area contributed by atoms with Crippen LogP contribution in [0.1, 0.15) is 30.8 Å². The summed E-state index contributed by atoms with van der Waals surface area (Å²) < 4.78 is 37.3. The molecule has 160 valence electrons. The van der Waals surface area contributed by atoms with E-state index in [1.807, 2.05) is 0 Å². The van der Waals surface area contributed by atoms with Crippen molar-refractivity contribution in [2.24, 2.45) is 5.41 Å². The molecule has 0 bridgehead atoms. The van der Waals surface area contributed by atoms with Crippen molar-refractivity contribution in [1.29, 1.82) is 0 Å². The minimum absolute atomic E-state index is 0.0171. The van der Waals surface area contributed by atoms with E-state index in [0.717, 1.165) is 0 Å². The number of amides is 1. The Labute approximate surface area is 166 Å². The smallest absolute Gasteiger partial charge is 0.469 e. The van der Waals surface area contributed by atoms with Crippen molar-refractivity contribution in [1.82, 2.24) is 15.3 Å². The number of methoxy groups -OCH3 is 1. The van der Waals surface area contributed by atoms with Crippen molar-refractivity contribution >= 4 is 25.7 Å². The lowest BCUT2D eigenvalue weighted by Crippen LogP contribution is -2.50. The Morgan fingerprint density at radius 3 is 2.76 bits per heavy atom. The lowest BCUT2D eigenvalue weighted by molar-refractivity contribution is -0.144. The Kier molecular flexibility index (Phi) is 7.80. The second-order valence-electron chi connectivity index (χ2n) is 6.58. The topological polar surface area (TPSA) is 152 Å². The number of esters is 2. The van der Waals surface area contributed by atoms with Gasteiger partial charge in [0.2, 0.25) is 12.7 Å². The summed E-state index contributed by atoms with van der Waals surface area (Å²) in [5, 5.41) is 2.51. The molecule has 12 nitrogen and oxygen atoms in total. The molecule has 0 aromatic carbocycles. The molecular weight excluding hydrogens is 409 g/mol. The van der Waals surface area contributed by atoms with Gasteiger partial charge in [0.05, 0.1) is 26.3 Å². The van der Waals surface area contributed by atoms with Crippen LogP contribution in [0.2, 0.25) is 0 Å². The van der Waals surface area contributed by atoms with E-state index in [2.05, 4.69) is 20.0 Å². The Balaban J connectivity index is 1.90. The SMILES string of the molecule is COC(=O)CCNC(=O)[C@@H]1OP(=O)(OCOC(=O)c2cnccn2)OCC1(C)C. The molecule has 2 heterocycles. The van der Waals surface area contributed by atoms with E-state index < -0.39 is 44.0 Å². The third-order valence-corrected chi connectivity index (χ3v) is 5.14. The van der Waals surface area contributed by atoms with Gasteiger partial charge in [-0.15, -0.1) is 0 Å². The van der Waals surface area contributed by atoms with Crippen LogP contribution < -0.4 is 5.32 Å². The van der Waals surface area contributed by atoms with E-state index in [1.165, 1.54) is 25.7 Å². The average molecular weight is 431 g/mol. The van der Waals surface area contributed by atoms with Crippen molar-refractivity contribution in [3.63, 3.8) is 0 Å². The summed E-state index contributed by atoms with van der Waals surface area (Å²) in [4.78, 5) is 42.8. The number of rotatable bonds is 8. The van der Waals surface area contributed by atoms with Gasteiger partial charge in [-0.2, -0.15) is 0 Å². The lowest BCUT2D eigenvalue weighted by atomic mass is 9.87. The quantitative estimate of drug-likeness (QED) is 0.354. The zero-order valence-corrected chi connectivity index (χ0v) is 17.0. The van der Waals surface area contributed by atoms with Gasteiger partial charge in [-0.25, -0.2) is 18.9 Å². The molecule has 0 radical (unpaired) electrons. The number of hydrogen-bond acceptors (Lipinski definition) is 11. The number of carbonyl (C=O) groups excluding carboxylic acids is 3. The number of carbonyl (C=O) groups is 3. The second kappa shape index (κ2) is 9.88. The summed E-state index contributed by atoms with van der Waals surface area (Å²) in [6.07, 6.45) is 2.66. The van der Waals surface area contributed by atoms with E-state index in [9.17, 15) is 18.9 Å². The van der Waals surface area contributed by atoms with Crippen LogP contribution in [0.25, 0.3) is 0 Å². The lowest BCUT2D eigenvalue weighted by Gasteiger charge is -2.39. The predicted molar refractivity (Wildman–Crippen MR) is 95.3 cm³/mol. The molecule has 2 rings (SSSR count). The van der Waals surface area contributed by atoms with Crippen LogP contribution in [0.5, 0.6) is 0 Å². The van der Waals surface area contributed by atoms with E-state index in [4.69, 9.17) is 18.3 Å². The molecule has 1 saturated heterocycles. The third kappa shape index (κ3) is 6.57. The number of phosphoric acid groups is 1. The van der Waals surface area contributed by atoms with Crippen molar-refractivity contribution in [2.75, 3.05) is 27.1 Å². The van der Waals surface area contributed by atoms with E-state index >= 15 is 0 Å². The van der Waals surface area contributed by atoms with Crippen molar-refractivity contribution < 1.29 is 42.0 Å². The van der Waals surface area contributed by atoms with Gasteiger partial charge in [-0.1, -0.05) is 13.8 Å². The van der Waals surface area contributed by atoms with Crippen LogP contribution >= 0.6 is 7.82 Å². The summed E-state index contributed by atoms with van der Waals surface area (Å²) in [5.41, 5.74) is -0.896. The zero-order valence-electron chi connectivity index (χ0n) is 16.2. The average Bonchev–Trinajstić information content (AvgIpc) is 2.70. The maximum atomic E-state index is 12.6. The molecule has 1 unspecified atom stereocenters. The minimum atomic E-state index is -4.17. The van der Waals surface area contributed by atoms with Crippen molar-refractivity contribution in [2.45, 2.75) is 26.4 Å². The number of hydrogen-bond donors (Lipinski definition) is 1. The Morgan fingerprint density at radius 1 is 1.34 bits per heavy atom. The number of ether oxygens (including phenoxy) is 2. The van der Waals surface area contributed by atoms with Crippen LogP contribution in [-0.4, -0.2) is 61.0 Å². The van der Waals surface area contributed by atoms with Gasteiger partial charge in [-0.05, 0) is 0 Å². The maximum Gasteiger partial charge on any atom is 0.478 e. The van der Waals surface area contributed by atoms with Gasteiger partial charge in [0.15, 0.2) is 11.8 Å². The molecule has 2 atom stereocenters. The molecule has 0 aliphatic carbocycles. The first-order valence-electron chi connectivity index (χ1n) is 8.52. The molecule has 1 amide bonds. The summed E-state index contributed by atoms with van der Waals surface area (Å²) in [5.74, 6) is -1.93. The Hall–Kier alpha value is -2.40. The van der Waals surface area contributed by atoms with Crippen LogP contribution in [-0.2, 0) is 37.2 Å². The molecule has 1 aromatic rings. The Bertz CT molecular complexity index is 787. The largest absolute Gasteiger partial charge is 0.478 e. The fourth-order valence-corrected chi connectivity index (χ4v) is 3.71. The normalized spacial score (nSPS) is 23.1. The first-order valence-corrected chi connectivity index (χ1v) is 9.98. The minimum Gasteiger partial charge on any atom is -0.469 e. The van der Waals surface area contributed by atoms with E-state index in [0.29, 0.717) is 0 Å². The summed E-state index contributed by atoms with van der Waals surface area (Å²) in [6, 6.07) is 0. The monoisotopic (exact) mass is 431 g/mol. The summed E-state index contributed by atoms with van der Waals surface area (Å²) in [6.45, 7) is 2.51. The molecule has 0 spiro atoms. The molecule has 0 saturated carbocycles. The van der Waals surface area contributed by atoms with Crippen LogP contribution in [0.3, 0.4) is 0 Å². The van der Waals surface area contributed by atoms with Gasteiger partial charge in [0.1, 0.15) is 0 Å². The number of aromatic nitrogens is 2.